The normalized spacial score (nSPS) is 22.1. The molecule has 2 aliphatic heterocycles. The molecule has 3 atom stereocenters. The molecule has 11 heteroatoms. The zero-order valence-electron chi connectivity index (χ0n) is 20.4. The zero-order chi connectivity index (χ0) is 25.8. The van der Waals surface area contributed by atoms with Crippen LogP contribution in [0.5, 0.6) is 0 Å². The predicted octanol–water partition coefficient (Wildman–Crippen LogP) is 2.28. The highest BCUT2D eigenvalue weighted by Gasteiger charge is 2.42. The van der Waals surface area contributed by atoms with E-state index in [1.165, 1.54) is 17.1 Å². The maximum Gasteiger partial charge on any atom is 0.328 e. The summed E-state index contributed by atoms with van der Waals surface area (Å²) < 4.78 is 5.59. The summed E-state index contributed by atoms with van der Waals surface area (Å²) in [4.78, 5) is 48.8. The molecule has 0 aromatic heterocycles. The lowest BCUT2D eigenvalue weighted by molar-refractivity contribution is -0.384. The number of carboxylic acid groups (broad SMARTS) is 1. The minimum Gasteiger partial charge on any atom is -0.480 e. The van der Waals surface area contributed by atoms with E-state index in [4.69, 9.17) is 4.74 Å². The van der Waals surface area contributed by atoms with Gasteiger partial charge >= 0.3 is 11.9 Å². The first-order valence-electron chi connectivity index (χ1n) is 12.0. The average Bonchev–Trinajstić information content (AvgIpc) is 2.94. The standard InChI is InChI=1S/C24H34N4O7/c1-24(2,3)35-23(32)19(13-10-16-8-11-17(12-9-16)28(33)34)25-18-6-4-14-26-15-5-7-20(22(30)31)27(26)21(18)29/h8-9,11-12,18-20,25H,4-7,10,13-15H2,1-3H3,(H,30,31)/t18-,19-,20-/m0/s1. The van der Waals surface area contributed by atoms with Crippen molar-refractivity contribution in [1.29, 1.82) is 0 Å². The molecule has 3 rings (SSSR count). The van der Waals surface area contributed by atoms with Crippen LogP contribution in [0.3, 0.4) is 0 Å². The van der Waals surface area contributed by atoms with Crippen LogP contribution in [0.4, 0.5) is 5.69 Å². The number of nitrogens with zero attached hydrogens (tertiary/aromatic N) is 3. The molecule has 0 spiro atoms. The summed E-state index contributed by atoms with van der Waals surface area (Å²) in [6, 6.07) is 3.66. The number of carbonyl (C=O) groups is 3. The number of carboxylic acids is 1. The van der Waals surface area contributed by atoms with Crippen molar-refractivity contribution in [1.82, 2.24) is 15.3 Å². The van der Waals surface area contributed by atoms with Gasteiger partial charge in [-0.05, 0) is 64.9 Å². The minimum absolute atomic E-state index is 0.0151. The summed E-state index contributed by atoms with van der Waals surface area (Å²) in [5.74, 6) is -1.88. The van der Waals surface area contributed by atoms with E-state index in [-0.39, 0.29) is 11.6 Å². The summed E-state index contributed by atoms with van der Waals surface area (Å²) in [6.07, 6.45) is 2.98. The van der Waals surface area contributed by atoms with Crippen molar-refractivity contribution in [3.8, 4) is 0 Å². The van der Waals surface area contributed by atoms with Crippen LogP contribution >= 0.6 is 0 Å². The summed E-state index contributed by atoms with van der Waals surface area (Å²) in [5, 5.41) is 26.9. The lowest BCUT2D eigenvalue weighted by Gasteiger charge is -2.42. The van der Waals surface area contributed by atoms with Gasteiger partial charge in [-0.25, -0.2) is 9.80 Å². The van der Waals surface area contributed by atoms with E-state index in [0.29, 0.717) is 51.6 Å². The van der Waals surface area contributed by atoms with Crippen molar-refractivity contribution in [2.75, 3.05) is 13.1 Å². The quantitative estimate of drug-likeness (QED) is 0.319. The highest BCUT2D eigenvalue weighted by atomic mass is 16.6. The molecule has 2 fully saturated rings. The van der Waals surface area contributed by atoms with E-state index in [1.807, 2.05) is 5.01 Å². The van der Waals surface area contributed by atoms with Crippen LogP contribution in [0.2, 0.25) is 0 Å². The molecular weight excluding hydrogens is 456 g/mol. The van der Waals surface area contributed by atoms with Crippen LogP contribution in [0.15, 0.2) is 24.3 Å². The lowest BCUT2D eigenvalue weighted by atomic mass is 10.0. The second-order valence-corrected chi connectivity index (χ2v) is 10.0. The number of esters is 1. The summed E-state index contributed by atoms with van der Waals surface area (Å²) in [5.41, 5.74) is 0.0700. The SMILES string of the molecule is CC(C)(C)OC(=O)[C@H](CCc1ccc([N+](=O)[O-])cc1)N[C@H]1CCCN2CCC[C@@H](C(=O)O)N2C1=O. The van der Waals surface area contributed by atoms with Crippen molar-refractivity contribution in [3.63, 3.8) is 0 Å². The molecule has 0 aliphatic carbocycles. The van der Waals surface area contributed by atoms with Gasteiger partial charge in [-0.1, -0.05) is 12.1 Å². The number of nitrogens with one attached hydrogen (secondary N) is 1. The van der Waals surface area contributed by atoms with Crippen LogP contribution < -0.4 is 5.32 Å². The van der Waals surface area contributed by atoms with Gasteiger partial charge in [-0.2, -0.15) is 0 Å². The molecule has 11 nitrogen and oxygen atoms in total. The van der Waals surface area contributed by atoms with Gasteiger partial charge in [0.15, 0.2) is 0 Å². The number of aliphatic carboxylic acids is 1. The molecule has 0 bridgehead atoms. The summed E-state index contributed by atoms with van der Waals surface area (Å²) in [7, 11) is 0. The molecular formula is C24H34N4O7. The van der Waals surface area contributed by atoms with E-state index in [1.54, 1.807) is 32.9 Å². The molecule has 2 saturated heterocycles. The first kappa shape index (κ1) is 26.6. The van der Waals surface area contributed by atoms with Crippen molar-refractivity contribution in [2.45, 2.75) is 83.0 Å². The highest BCUT2D eigenvalue weighted by molar-refractivity contribution is 5.87. The highest BCUT2D eigenvalue weighted by Crippen LogP contribution is 2.25. The van der Waals surface area contributed by atoms with Crippen LogP contribution in [-0.2, 0) is 25.5 Å². The molecule has 0 saturated carbocycles. The summed E-state index contributed by atoms with van der Waals surface area (Å²) >= 11 is 0. The number of hydrogen-bond acceptors (Lipinski definition) is 8. The number of ether oxygens (including phenoxy) is 1. The molecule has 2 heterocycles. The third-order valence-corrected chi connectivity index (χ3v) is 6.17. The van der Waals surface area contributed by atoms with E-state index in [2.05, 4.69) is 5.32 Å². The molecule has 0 radical (unpaired) electrons. The monoisotopic (exact) mass is 490 g/mol. The smallest absolute Gasteiger partial charge is 0.328 e. The number of hydrogen-bond donors (Lipinski definition) is 2. The molecule has 1 aromatic rings. The number of amides is 1. The fraction of sp³-hybridized carbons (Fsp3) is 0.625. The fourth-order valence-corrected chi connectivity index (χ4v) is 4.53. The number of non-ortho nitro benzene ring substituents is 1. The maximum absolute atomic E-state index is 13.5. The van der Waals surface area contributed by atoms with Gasteiger partial charge in [-0.3, -0.25) is 30.0 Å². The molecule has 2 N–H and O–H groups in total. The third-order valence-electron chi connectivity index (χ3n) is 6.17. The second-order valence-electron chi connectivity index (χ2n) is 10.0. The Labute approximate surface area is 204 Å². The number of nitro benzene ring substituents is 1. The fourth-order valence-electron chi connectivity index (χ4n) is 4.53. The largest absolute Gasteiger partial charge is 0.480 e. The summed E-state index contributed by atoms with van der Waals surface area (Å²) in [6.45, 7) is 6.49. The molecule has 2 aliphatic rings. The van der Waals surface area contributed by atoms with Crippen molar-refractivity contribution in [2.24, 2.45) is 0 Å². The molecule has 1 amide bonds. The van der Waals surface area contributed by atoms with Gasteiger partial charge < -0.3 is 9.84 Å². The number of hydrazine groups is 1. The third kappa shape index (κ3) is 6.98. The van der Waals surface area contributed by atoms with Gasteiger partial charge in [0, 0.05) is 25.2 Å². The first-order valence-corrected chi connectivity index (χ1v) is 12.0. The van der Waals surface area contributed by atoms with Gasteiger partial charge in [-0.15, -0.1) is 0 Å². The molecule has 192 valence electrons. The Morgan fingerprint density at radius 3 is 2.40 bits per heavy atom. The number of nitro groups is 1. The Hall–Kier alpha value is -3.05. The number of aryl methyl sites for hydroxylation is 1. The van der Waals surface area contributed by atoms with Crippen LogP contribution in [0, 0.1) is 10.1 Å². The Bertz CT molecular complexity index is 944. The maximum atomic E-state index is 13.5. The number of carbonyl (C=O) groups excluding carboxylic acids is 2. The minimum atomic E-state index is -1.04. The molecule has 1 aromatic carbocycles. The van der Waals surface area contributed by atoms with Gasteiger partial charge in [0.1, 0.15) is 17.7 Å². The zero-order valence-corrected chi connectivity index (χ0v) is 20.4. The number of benzene rings is 1. The first-order chi connectivity index (χ1) is 16.5. The average molecular weight is 491 g/mol. The van der Waals surface area contributed by atoms with Crippen LogP contribution in [0.25, 0.3) is 0 Å². The number of rotatable bonds is 8. The Balaban J connectivity index is 1.77. The van der Waals surface area contributed by atoms with E-state index in [0.717, 1.165) is 5.56 Å². The van der Waals surface area contributed by atoms with Gasteiger partial charge in [0.25, 0.3) is 11.6 Å². The van der Waals surface area contributed by atoms with E-state index >= 15 is 0 Å². The Morgan fingerprint density at radius 2 is 1.83 bits per heavy atom. The van der Waals surface area contributed by atoms with Gasteiger partial charge in [0.05, 0.1) is 11.0 Å². The second kappa shape index (κ2) is 11.1. The van der Waals surface area contributed by atoms with Crippen LogP contribution in [-0.4, -0.2) is 74.7 Å². The van der Waals surface area contributed by atoms with E-state index < -0.39 is 40.6 Å². The lowest BCUT2D eigenvalue weighted by Crippen LogP contribution is -2.62. The Kier molecular flexibility index (Phi) is 8.44. The molecule has 0 unspecified atom stereocenters. The predicted molar refractivity (Wildman–Crippen MR) is 126 cm³/mol. The van der Waals surface area contributed by atoms with Crippen molar-refractivity contribution in [3.05, 3.63) is 39.9 Å². The topological polar surface area (TPSA) is 142 Å². The van der Waals surface area contributed by atoms with Crippen LogP contribution in [0.1, 0.15) is 58.4 Å². The van der Waals surface area contributed by atoms with Crippen molar-refractivity contribution < 1.29 is 29.2 Å². The van der Waals surface area contributed by atoms with Crippen molar-refractivity contribution >= 4 is 23.5 Å². The number of fused-ring (bicyclic) bond motifs is 1. The molecule has 35 heavy (non-hydrogen) atoms. The Morgan fingerprint density at radius 1 is 1.20 bits per heavy atom. The van der Waals surface area contributed by atoms with Gasteiger partial charge in [0.2, 0.25) is 0 Å². The van der Waals surface area contributed by atoms with E-state index in [9.17, 15) is 29.6 Å².